The van der Waals surface area contributed by atoms with Crippen molar-refractivity contribution in [3.63, 3.8) is 0 Å². The van der Waals surface area contributed by atoms with Crippen LogP contribution in [-0.2, 0) is 6.42 Å². The summed E-state index contributed by atoms with van der Waals surface area (Å²) in [5, 5.41) is 7.09. The predicted octanol–water partition coefficient (Wildman–Crippen LogP) is 2.64. The smallest absolute Gasteiger partial charge is 0.203 e. The van der Waals surface area contributed by atoms with E-state index in [1.807, 2.05) is 12.1 Å². The van der Waals surface area contributed by atoms with Gasteiger partial charge in [-0.1, -0.05) is 13.3 Å². The molecule has 0 spiro atoms. The van der Waals surface area contributed by atoms with E-state index in [4.69, 9.17) is 19.9 Å². The average Bonchev–Trinajstić information content (AvgIpc) is 2.87. The molecule has 2 rings (SSSR count). The van der Waals surface area contributed by atoms with E-state index in [-0.39, 0.29) is 0 Å². The van der Waals surface area contributed by atoms with E-state index in [1.54, 1.807) is 21.3 Å². The Morgan fingerprint density at radius 3 is 2.19 bits per heavy atom. The van der Waals surface area contributed by atoms with Gasteiger partial charge in [-0.25, -0.2) is 0 Å². The largest absolute Gasteiger partial charge is 0.493 e. The van der Waals surface area contributed by atoms with Crippen LogP contribution in [0.5, 0.6) is 17.2 Å². The van der Waals surface area contributed by atoms with Crippen LogP contribution in [0.3, 0.4) is 0 Å². The van der Waals surface area contributed by atoms with Crippen molar-refractivity contribution in [1.82, 2.24) is 10.2 Å². The van der Waals surface area contributed by atoms with E-state index in [0.717, 1.165) is 29.7 Å². The van der Waals surface area contributed by atoms with Crippen LogP contribution < -0.4 is 19.9 Å². The molecule has 114 valence electrons. The predicted molar refractivity (Wildman–Crippen MR) is 82.1 cm³/mol. The highest BCUT2D eigenvalue weighted by molar-refractivity contribution is 5.73. The second kappa shape index (κ2) is 6.39. The molecule has 21 heavy (non-hydrogen) atoms. The maximum absolute atomic E-state index is 5.93. The second-order valence-corrected chi connectivity index (χ2v) is 4.63. The molecule has 0 aliphatic carbocycles. The summed E-state index contributed by atoms with van der Waals surface area (Å²) in [6.07, 6.45) is 1.84. The van der Waals surface area contributed by atoms with E-state index < -0.39 is 0 Å². The summed E-state index contributed by atoms with van der Waals surface area (Å²) >= 11 is 0. The molecule has 0 saturated heterocycles. The lowest BCUT2D eigenvalue weighted by atomic mass is 10.0. The van der Waals surface area contributed by atoms with Crippen LogP contribution in [0, 0.1) is 0 Å². The Balaban J connectivity index is 2.59. The van der Waals surface area contributed by atoms with E-state index in [0.29, 0.717) is 23.1 Å². The first-order chi connectivity index (χ1) is 10.2. The van der Waals surface area contributed by atoms with E-state index in [1.165, 1.54) is 0 Å². The number of ether oxygens (including phenoxy) is 3. The summed E-state index contributed by atoms with van der Waals surface area (Å²) in [5.41, 5.74) is 8.72. The van der Waals surface area contributed by atoms with Crippen molar-refractivity contribution >= 4 is 5.82 Å². The van der Waals surface area contributed by atoms with Crippen molar-refractivity contribution in [3.05, 3.63) is 17.7 Å². The number of H-pyrrole nitrogens is 1. The molecule has 0 aliphatic rings. The Bertz CT molecular complexity index is 598. The molecule has 0 amide bonds. The SMILES string of the molecule is CCCc1c(N)n[nH]c1-c1cc(OC)c(OC)c(OC)c1. The number of aromatic nitrogens is 2. The van der Waals surface area contributed by atoms with Crippen molar-refractivity contribution < 1.29 is 14.2 Å². The zero-order valence-electron chi connectivity index (χ0n) is 12.8. The summed E-state index contributed by atoms with van der Waals surface area (Å²) in [6.45, 7) is 2.10. The molecule has 1 aromatic carbocycles. The molecule has 0 fully saturated rings. The maximum atomic E-state index is 5.93. The number of hydrogen-bond acceptors (Lipinski definition) is 5. The summed E-state index contributed by atoms with van der Waals surface area (Å²) < 4.78 is 16.1. The number of methoxy groups -OCH3 is 3. The number of aromatic amines is 1. The Hall–Kier alpha value is -2.37. The molecule has 0 unspecified atom stereocenters. The fraction of sp³-hybridized carbons (Fsp3) is 0.400. The highest BCUT2D eigenvalue weighted by Crippen LogP contribution is 2.41. The molecule has 0 aliphatic heterocycles. The second-order valence-electron chi connectivity index (χ2n) is 4.63. The first-order valence-corrected chi connectivity index (χ1v) is 6.79. The average molecular weight is 291 g/mol. The third kappa shape index (κ3) is 2.74. The molecule has 1 aromatic heterocycles. The standard InChI is InChI=1S/C15H21N3O3/c1-5-6-10-13(17-18-15(10)16)9-7-11(19-2)14(21-4)12(8-9)20-3/h7-8H,5-6H2,1-4H3,(H3,16,17,18). The van der Waals surface area contributed by atoms with E-state index >= 15 is 0 Å². The fourth-order valence-electron chi connectivity index (χ4n) is 2.35. The van der Waals surface area contributed by atoms with Gasteiger partial charge in [0.25, 0.3) is 0 Å². The molecule has 1 heterocycles. The first-order valence-electron chi connectivity index (χ1n) is 6.79. The van der Waals surface area contributed by atoms with Gasteiger partial charge < -0.3 is 19.9 Å². The van der Waals surface area contributed by atoms with Gasteiger partial charge in [0.1, 0.15) is 5.82 Å². The van der Waals surface area contributed by atoms with Crippen LogP contribution in [0.25, 0.3) is 11.3 Å². The van der Waals surface area contributed by atoms with Gasteiger partial charge in [-0.15, -0.1) is 0 Å². The maximum Gasteiger partial charge on any atom is 0.203 e. The number of nitrogens with two attached hydrogens (primary N) is 1. The van der Waals surface area contributed by atoms with Gasteiger partial charge in [-0.2, -0.15) is 5.10 Å². The third-order valence-corrected chi connectivity index (χ3v) is 3.35. The molecule has 6 heteroatoms. The number of anilines is 1. The molecule has 0 radical (unpaired) electrons. The topological polar surface area (TPSA) is 82.4 Å². The monoisotopic (exact) mass is 291 g/mol. The number of rotatable bonds is 6. The third-order valence-electron chi connectivity index (χ3n) is 3.35. The van der Waals surface area contributed by atoms with Crippen molar-refractivity contribution in [2.24, 2.45) is 0 Å². The van der Waals surface area contributed by atoms with Crippen molar-refractivity contribution in [2.45, 2.75) is 19.8 Å². The lowest BCUT2D eigenvalue weighted by molar-refractivity contribution is 0.324. The molecular weight excluding hydrogens is 270 g/mol. The minimum absolute atomic E-state index is 0.528. The minimum atomic E-state index is 0.528. The zero-order valence-corrected chi connectivity index (χ0v) is 12.8. The number of nitrogen functional groups attached to an aromatic ring is 1. The molecule has 2 aromatic rings. The quantitative estimate of drug-likeness (QED) is 0.855. The van der Waals surface area contributed by atoms with Gasteiger partial charge in [0.15, 0.2) is 11.5 Å². The van der Waals surface area contributed by atoms with E-state index in [2.05, 4.69) is 17.1 Å². The Labute approximate surface area is 124 Å². The van der Waals surface area contributed by atoms with Gasteiger partial charge in [0, 0.05) is 11.1 Å². The van der Waals surface area contributed by atoms with Crippen LogP contribution in [0.4, 0.5) is 5.82 Å². The first kappa shape index (κ1) is 15.0. The Kier molecular flexibility index (Phi) is 4.57. The lowest BCUT2D eigenvalue weighted by Gasteiger charge is -2.14. The summed E-state index contributed by atoms with van der Waals surface area (Å²) in [7, 11) is 4.77. The minimum Gasteiger partial charge on any atom is -0.493 e. The molecule has 0 atom stereocenters. The van der Waals surface area contributed by atoms with Crippen LogP contribution in [-0.4, -0.2) is 31.5 Å². The molecular formula is C15H21N3O3. The summed E-state index contributed by atoms with van der Waals surface area (Å²) in [4.78, 5) is 0. The lowest BCUT2D eigenvalue weighted by Crippen LogP contribution is -1.97. The van der Waals surface area contributed by atoms with Crippen LogP contribution >= 0.6 is 0 Å². The molecule has 6 nitrogen and oxygen atoms in total. The van der Waals surface area contributed by atoms with Crippen molar-refractivity contribution in [2.75, 3.05) is 27.1 Å². The highest BCUT2D eigenvalue weighted by atomic mass is 16.5. The van der Waals surface area contributed by atoms with Crippen molar-refractivity contribution in [3.8, 4) is 28.5 Å². The fourth-order valence-corrected chi connectivity index (χ4v) is 2.35. The number of hydrogen-bond donors (Lipinski definition) is 2. The van der Waals surface area contributed by atoms with Crippen LogP contribution in [0.1, 0.15) is 18.9 Å². The molecule has 0 bridgehead atoms. The normalized spacial score (nSPS) is 10.5. The summed E-state index contributed by atoms with van der Waals surface area (Å²) in [5.74, 6) is 2.29. The van der Waals surface area contributed by atoms with Gasteiger partial charge in [0.2, 0.25) is 5.75 Å². The van der Waals surface area contributed by atoms with Crippen molar-refractivity contribution in [1.29, 1.82) is 0 Å². The Morgan fingerprint density at radius 2 is 1.71 bits per heavy atom. The number of benzene rings is 1. The molecule has 3 N–H and O–H groups in total. The Morgan fingerprint density at radius 1 is 1.10 bits per heavy atom. The van der Waals surface area contributed by atoms with Gasteiger partial charge >= 0.3 is 0 Å². The van der Waals surface area contributed by atoms with Gasteiger partial charge in [0.05, 0.1) is 27.0 Å². The molecule has 0 saturated carbocycles. The number of nitrogens with one attached hydrogen (secondary N) is 1. The number of nitrogens with zero attached hydrogens (tertiary/aromatic N) is 1. The van der Waals surface area contributed by atoms with Gasteiger partial charge in [-0.05, 0) is 18.6 Å². The highest BCUT2D eigenvalue weighted by Gasteiger charge is 2.18. The summed E-state index contributed by atoms with van der Waals surface area (Å²) in [6, 6.07) is 3.76. The zero-order chi connectivity index (χ0) is 15.4. The van der Waals surface area contributed by atoms with Crippen LogP contribution in [0.2, 0.25) is 0 Å². The van der Waals surface area contributed by atoms with E-state index in [9.17, 15) is 0 Å². The van der Waals surface area contributed by atoms with Gasteiger partial charge in [-0.3, -0.25) is 5.10 Å². The van der Waals surface area contributed by atoms with Crippen LogP contribution in [0.15, 0.2) is 12.1 Å².